The fraction of sp³-hybridized carbons (Fsp3) is 0.176. The van der Waals surface area contributed by atoms with Crippen LogP contribution in [0.25, 0.3) is 0 Å². The van der Waals surface area contributed by atoms with Crippen molar-refractivity contribution in [3.63, 3.8) is 0 Å². The SMILES string of the molecule is CCc1cc(Cc2ccc(N=C=O)cc2N=C=O)ccc1Br. The zero-order valence-corrected chi connectivity index (χ0v) is 13.6. The first-order valence-electron chi connectivity index (χ1n) is 6.74. The number of benzene rings is 2. The summed E-state index contributed by atoms with van der Waals surface area (Å²) in [4.78, 5) is 28.1. The Hall–Kier alpha value is -2.32. The molecule has 5 heteroatoms. The third kappa shape index (κ3) is 3.86. The van der Waals surface area contributed by atoms with Crippen molar-refractivity contribution in [1.82, 2.24) is 0 Å². The average molecular weight is 357 g/mol. The van der Waals surface area contributed by atoms with Gasteiger partial charge in [0.15, 0.2) is 0 Å². The second-order valence-corrected chi connectivity index (χ2v) is 5.53. The lowest BCUT2D eigenvalue weighted by Crippen LogP contribution is -1.92. The zero-order chi connectivity index (χ0) is 15.9. The molecule has 0 N–H and O–H groups in total. The average Bonchev–Trinajstić information content (AvgIpc) is 2.52. The molecule has 0 spiro atoms. The minimum absolute atomic E-state index is 0.415. The molecule has 0 aliphatic carbocycles. The molecule has 2 aromatic carbocycles. The third-order valence-corrected chi connectivity index (χ3v) is 4.07. The summed E-state index contributed by atoms with van der Waals surface area (Å²) in [5.41, 5.74) is 4.09. The maximum Gasteiger partial charge on any atom is 0.240 e. The lowest BCUT2D eigenvalue weighted by molar-refractivity contribution is 0.565. The molecule has 0 aromatic heterocycles. The Morgan fingerprint density at radius 3 is 2.45 bits per heavy atom. The molecule has 0 radical (unpaired) electrons. The van der Waals surface area contributed by atoms with Gasteiger partial charge in [-0.05, 0) is 47.7 Å². The fourth-order valence-corrected chi connectivity index (χ4v) is 2.73. The van der Waals surface area contributed by atoms with E-state index in [2.05, 4.69) is 38.9 Å². The van der Waals surface area contributed by atoms with Gasteiger partial charge in [0, 0.05) is 4.47 Å². The second-order valence-electron chi connectivity index (χ2n) is 4.68. The molecule has 0 heterocycles. The van der Waals surface area contributed by atoms with E-state index >= 15 is 0 Å². The van der Waals surface area contributed by atoms with Crippen molar-refractivity contribution in [3.05, 3.63) is 57.6 Å². The summed E-state index contributed by atoms with van der Waals surface area (Å²) in [6, 6.07) is 11.2. The molecular weight excluding hydrogens is 344 g/mol. The van der Waals surface area contributed by atoms with Crippen molar-refractivity contribution >= 4 is 39.5 Å². The van der Waals surface area contributed by atoms with Gasteiger partial charge in [-0.25, -0.2) is 9.59 Å². The van der Waals surface area contributed by atoms with Crippen LogP contribution in [0.5, 0.6) is 0 Å². The van der Waals surface area contributed by atoms with Crippen molar-refractivity contribution in [3.8, 4) is 0 Å². The molecular formula is C17H13BrN2O2. The van der Waals surface area contributed by atoms with E-state index in [1.807, 2.05) is 12.1 Å². The molecule has 0 saturated heterocycles. The van der Waals surface area contributed by atoms with Crippen molar-refractivity contribution < 1.29 is 9.59 Å². The minimum Gasteiger partial charge on any atom is -0.211 e. The topological polar surface area (TPSA) is 58.9 Å². The first kappa shape index (κ1) is 16.1. The normalized spacial score (nSPS) is 9.73. The van der Waals surface area contributed by atoms with Crippen LogP contribution in [0.1, 0.15) is 23.6 Å². The van der Waals surface area contributed by atoms with Gasteiger partial charge < -0.3 is 0 Å². The van der Waals surface area contributed by atoms with Crippen LogP contribution in [-0.2, 0) is 22.4 Å². The highest BCUT2D eigenvalue weighted by molar-refractivity contribution is 9.10. The predicted molar refractivity (Wildman–Crippen MR) is 88.3 cm³/mol. The maximum absolute atomic E-state index is 10.6. The lowest BCUT2D eigenvalue weighted by atomic mass is 10.0. The van der Waals surface area contributed by atoms with Crippen molar-refractivity contribution in [2.45, 2.75) is 19.8 Å². The molecule has 2 rings (SSSR count). The van der Waals surface area contributed by atoms with Crippen molar-refractivity contribution in [2.24, 2.45) is 9.98 Å². The standard InChI is InChI=1S/C17H13BrN2O2/c1-2-13-7-12(3-6-16(13)18)8-14-4-5-15(19-10-21)9-17(14)20-11-22/h3-7,9H,2,8H2,1H3. The molecule has 22 heavy (non-hydrogen) atoms. The largest absolute Gasteiger partial charge is 0.240 e. The summed E-state index contributed by atoms with van der Waals surface area (Å²) in [6.45, 7) is 2.10. The lowest BCUT2D eigenvalue weighted by Gasteiger charge is -2.08. The smallest absolute Gasteiger partial charge is 0.211 e. The van der Waals surface area contributed by atoms with Crippen LogP contribution >= 0.6 is 15.9 Å². The summed E-state index contributed by atoms with van der Waals surface area (Å²) in [5, 5.41) is 0. The summed E-state index contributed by atoms with van der Waals surface area (Å²) >= 11 is 3.52. The Balaban J connectivity index is 2.40. The third-order valence-electron chi connectivity index (χ3n) is 3.30. The van der Waals surface area contributed by atoms with E-state index in [-0.39, 0.29) is 0 Å². The van der Waals surface area contributed by atoms with Gasteiger partial charge >= 0.3 is 0 Å². The summed E-state index contributed by atoms with van der Waals surface area (Å²) in [7, 11) is 0. The number of aryl methyl sites for hydroxylation is 1. The second kappa shape index (κ2) is 7.62. The molecule has 0 bridgehead atoms. The number of hydrogen-bond acceptors (Lipinski definition) is 4. The number of rotatable bonds is 5. The fourth-order valence-electron chi connectivity index (χ4n) is 2.21. The van der Waals surface area contributed by atoms with Gasteiger partial charge in [-0.2, -0.15) is 9.98 Å². The van der Waals surface area contributed by atoms with Gasteiger partial charge in [0.2, 0.25) is 12.2 Å². The highest BCUT2D eigenvalue weighted by Crippen LogP contribution is 2.28. The Morgan fingerprint density at radius 1 is 1.00 bits per heavy atom. The van der Waals surface area contributed by atoms with Gasteiger partial charge in [0.25, 0.3) is 0 Å². The Morgan fingerprint density at radius 2 is 1.77 bits per heavy atom. The van der Waals surface area contributed by atoms with Crippen molar-refractivity contribution in [2.75, 3.05) is 0 Å². The zero-order valence-electron chi connectivity index (χ0n) is 12.0. The highest BCUT2D eigenvalue weighted by atomic mass is 79.9. The first-order valence-corrected chi connectivity index (χ1v) is 7.53. The van der Waals surface area contributed by atoms with Crippen LogP contribution < -0.4 is 0 Å². The predicted octanol–water partition coefficient (Wildman–Crippen LogP) is 4.54. The van der Waals surface area contributed by atoms with Gasteiger partial charge in [-0.15, -0.1) is 0 Å². The molecule has 0 atom stereocenters. The number of carbonyl (C=O) groups excluding carboxylic acids is 2. The van der Waals surface area contributed by atoms with E-state index in [1.165, 1.54) is 17.7 Å². The Bertz CT molecular complexity index is 789. The summed E-state index contributed by atoms with van der Waals surface area (Å²) in [5.74, 6) is 0. The van der Waals surface area contributed by atoms with E-state index in [9.17, 15) is 9.59 Å². The highest BCUT2D eigenvalue weighted by Gasteiger charge is 2.07. The number of hydrogen-bond donors (Lipinski definition) is 0. The molecule has 0 aliphatic rings. The molecule has 110 valence electrons. The Labute approximate surface area is 136 Å². The van der Waals surface area contributed by atoms with E-state index in [0.717, 1.165) is 22.0 Å². The van der Waals surface area contributed by atoms with E-state index in [1.54, 1.807) is 18.2 Å². The van der Waals surface area contributed by atoms with E-state index in [4.69, 9.17) is 0 Å². The molecule has 0 aliphatic heterocycles. The van der Waals surface area contributed by atoms with Gasteiger partial charge in [-0.3, -0.25) is 0 Å². The van der Waals surface area contributed by atoms with Crippen LogP contribution in [-0.4, -0.2) is 12.2 Å². The molecule has 4 nitrogen and oxygen atoms in total. The Kier molecular flexibility index (Phi) is 5.56. The number of nitrogens with zero attached hydrogens (tertiary/aromatic N) is 2. The number of isocyanates is 2. The van der Waals surface area contributed by atoms with Gasteiger partial charge in [-0.1, -0.05) is 41.1 Å². The van der Waals surface area contributed by atoms with Gasteiger partial charge in [0.05, 0.1) is 11.4 Å². The van der Waals surface area contributed by atoms with Crippen LogP contribution in [0.15, 0.2) is 50.9 Å². The first-order chi connectivity index (χ1) is 10.7. The molecule has 0 unspecified atom stereocenters. The van der Waals surface area contributed by atoms with Crippen LogP contribution in [0.2, 0.25) is 0 Å². The van der Waals surface area contributed by atoms with Crippen molar-refractivity contribution in [1.29, 1.82) is 0 Å². The summed E-state index contributed by atoms with van der Waals surface area (Å²) in [6.07, 6.45) is 4.57. The van der Waals surface area contributed by atoms with Gasteiger partial charge in [0.1, 0.15) is 0 Å². The van der Waals surface area contributed by atoms with E-state index < -0.39 is 0 Å². The monoisotopic (exact) mass is 356 g/mol. The summed E-state index contributed by atoms with van der Waals surface area (Å²) < 4.78 is 1.08. The molecule has 0 amide bonds. The minimum atomic E-state index is 0.415. The quantitative estimate of drug-likeness (QED) is 0.583. The molecule has 0 fully saturated rings. The number of aliphatic imine (C=N–C) groups is 2. The van der Waals surface area contributed by atoms with E-state index in [0.29, 0.717) is 17.8 Å². The van der Waals surface area contributed by atoms with Crippen LogP contribution in [0.3, 0.4) is 0 Å². The number of halogens is 1. The molecule has 0 saturated carbocycles. The van der Waals surface area contributed by atoms with Crippen LogP contribution in [0.4, 0.5) is 11.4 Å². The van der Waals surface area contributed by atoms with Crippen LogP contribution in [0, 0.1) is 0 Å². The maximum atomic E-state index is 10.6. The molecule has 2 aromatic rings.